The van der Waals surface area contributed by atoms with E-state index in [9.17, 15) is 10.1 Å². The van der Waals surface area contributed by atoms with Crippen molar-refractivity contribution in [2.24, 2.45) is 0 Å². The quantitative estimate of drug-likeness (QED) is 0.288. The lowest BCUT2D eigenvalue weighted by atomic mass is 10.1. The molecule has 3 heterocycles. The fourth-order valence-electron chi connectivity index (χ4n) is 4.30. The molecule has 0 radical (unpaired) electrons. The summed E-state index contributed by atoms with van der Waals surface area (Å²) >= 11 is 0. The number of aryl methyl sites for hydroxylation is 1. The minimum Gasteiger partial charge on any atom is -0.382 e. The predicted molar refractivity (Wildman–Crippen MR) is 144 cm³/mol. The third-order valence-electron chi connectivity index (χ3n) is 6.20. The number of ether oxygens (including phenoxy) is 1. The van der Waals surface area contributed by atoms with E-state index in [0.717, 1.165) is 11.1 Å². The van der Waals surface area contributed by atoms with Crippen LogP contribution in [0, 0.1) is 18.3 Å². The summed E-state index contributed by atoms with van der Waals surface area (Å²) < 4.78 is 9.15. The van der Waals surface area contributed by atoms with Gasteiger partial charge in [0, 0.05) is 12.8 Å². The highest BCUT2D eigenvalue weighted by atomic mass is 16.5. The zero-order chi connectivity index (χ0) is 26.5. The second-order valence-electron chi connectivity index (χ2n) is 8.74. The summed E-state index contributed by atoms with van der Waals surface area (Å²) in [6, 6.07) is 22.6. The molecule has 0 aliphatic heterocycles. The van der Waals surface area contributed by atoms with Gasteiger partial charge in [-0.2, -0.15) is 10.4 Å². The molecule has 1 atom stereocenters. The minimum atomic E-state index is -0.563. The smallest absolute Gasteiger partial charge is 0.282 e. The fourth-order valence-corrected chi connectivity index (χ4v) is 4.30. The topological polar surface area (TPSA) is 136 Å². The number of rotatable bonds is 9. The van der Waals surface area contributed by atoms with E-state index < -0.39 is 6.04 Å². The molecule has 0 fully saturated rings. The minimum absolute atomic E-state index is 0.0639. The predicted octanol–water partition coefficient (Wildman–Crippen LogP) is 3.80. The largest absolute Gasteiger partial charge is 0.382 e. The average molecular weight is 507 g/mol. The molecule has 38 heavy (non-hydrogen) atoms. The van der Waals surface area contributed by atoms with Crippen molar-refractivity contribution in [2.75, 3.05) is 17.7 Å². The highest BCUT2D eigenvalue weighted by Gasteiger charge is 2.24. The summed E-state index contributed by atoms with van der Waals surface area (Å²) in [4.78, 5) is 22.0. The average Bonchev–Trinajstić information content (AvgIpc) is 3.32. The van der Waals surface area contributed by atoms with Crippen molar-refractivity contribution >= 4 is 17.2 Å². The van der Waals surface area contributed by atoms with Crippen molar-refractivity contribution in [2.45, 2.75) is 26.0 Å². The Hall–Kier alpha value is -5.01. The van der Waals surface area contributed by atoms with E-state index in [2.05, 4.69) is 21.4 Å². The number of nitrogens with one attached hydrogen (secondary N) is 1. The maximum Gasteiger partial charge on any atom is 0.282 e. The Labute approximate surface area is 219 Å². The number of nitrogens with zero attached hydrogens (tertiary/aromatic N) is 6. The Morgan fingerprint density at radius 1 is 1.08 bits per heavy atom. The van der Waals surface area contributed by atoms with Crippen LogP contribution in [0.5, 0.6) is 0 Å². The molecule has 0 unspecified atom stereocenters. The van der Waals surface area contributed by atoms with Gasteiger partial charge in [-0.25, -0.2) is 14.5 Å². The van der Waals surface area contributed by atoms with Gasteiger partial charge in [-0.1, -0.05) is 48.5 Å². The van der Waals surface area contributed by atoms with Gasteiger partial charge in [-0.15, -0.1) is 0 Å². The Balaban J connectivity index is 1.58. The van der Waals surface area contributed by atoms with Crippen LogP contribution in [0.2, 0.25) is 0 Å². The van der Waals surface area contributed by atoms with Gasteiger partial charge in [-0.05, 0) is 42.7 Å². The summed E-state index contributed by atoms with van der Waals surface area (Å²) in [5, 5.41) is 17.8. The summed E-state index contributed by atoms with van der Waals surface area (Å²) in [6.45, 7) is 2.66. The van der Waals surface area contributed by atoms with E-state index in [1.54, 1.807) is 15.3 Å². The molecule has 0 spiro atoms. The number of aromatic nitrogens is 5. The fraction of sp³-hybridized carbons (Fsp3) is 0.179. The van der Waals surface area contributed by atoms with Crippen molar-refractivity contribution in [3.05, 3.63) is 112 Å². The molecule has 5 rings (SSSR count). The number of hydrogen-bond donors (Lipinski definition) is 2. The molecule has 0 amide bonds. The first-order valence-corrected chi connectivity index (χ1v) is 12.1. The van der Waals surface area contributed by atoms with E-state index >= 15 is 0 Å². The van der Waals surface area contributed by atoms with Gasteiger partial charge in [0.15, 0.2) is 5.82 Å². The maximum atomic E-state index is 13.8. The second-order valence-corrected chi connectivity index (χ2v) is 8.74. The van der Waals surface area contributed by atoms with Gasteiger partial charge in [-0.3, -0.25) is 9.36 Å². The number of nitrogen functional groups attached to an aromatic ring is 1. The van der Waals surface area contributed by atoms with E-state index in [1.807, 2.05) is 73.7 Å². The lowest BCUT2D eigenvalue weighted by molar-refractivity contribution is 0.114. The van der Waals surface area contributed by atoms with Gasteiger partial charge in [0.25, 0.3) is 5.56 Å². The Morgan fingerprint density at radius 2 is 1.82 bits per heavy atom. The Morgan fingerprint density at radius 3 is 2.55 bits per heavy atom. The van der Waals surface area contributed by atoms with Crippen LogP contribution in [0.15, 0.2) is 84.0 Å². The van der Waals surface area contributed by atoms with Crippen LogP contribution in [0.25, 0.3) is 11.2 Å². The molecule has 3 aromatic heterocycles. The van der Waals surface area contributed by atoms with Crippen LogP contribution in [0.3, 0.4) is 0 Å². The zero-order valence-electron chi connectivity index (χ0n) is 20.8. The normalized spacial score (nSPS) is 11.8. The monoisotopic (exact) mass is 506 g/mol. The van der Waals surface area contributed by atoms with Crippen LogP contribution < -0.4 is 16.6 Å². The molecule has 0 bridgehead atoms. The van der Waals surface area contributed by atoms with E-state index in [1.165, 1.54) is 6.33 Å². The van der Waals surface area contributed by atoms with E-state index in [4.69, 9.17) is 15.6 Å². The van der Waals surface area contributed by atoms with Gasteiger partial charge >= 0.3 is 0 Å². The standard InChI is InChI=1S/C28H26N8O2/c1-19-12-14-35-24(19)28(37)36(21-10-6-3-7-11-21)27(34-35)23(13-15-38-17-20-8-4-2-5-9-20)33-26-22(16-29)25(30)31-18-32-26/h2-12,14,18,23H,13,15,17H2,1H3,(H3,30,31,32,33)/t23-/m0/s1. The molecule has 0 saturated heterocycles. The summed E-state index contributed by atoms with van der Waals surface area (Å²) in [7, 11) is 0. The lowest BCUT2D eigenvalue weighted by Gasteiger charge is -2.23. The molecule has 10 heteroatoms. The number of para-hydroxylation sites is 1. The zero-order valence-corrected chi connectivity index (χ0v) is 20.8. The van der Waals surface area contributed by atoms with Crippen molar-refractivity contribution in [3.8, 4) is 11.8 Å². The van der Waals surface area contributed by atoms with Crippen molar-refractivity contribution < 1.29 is 4.74 Å². The highest BCUT2D eigenvalue weighted by molar-refractivity contribution is 5.62. The first kappa shape index (κ1) is 24.7. The van der Waals surface area contributed by atoms with Crippen LogP contribution in [-0.2, 0) is 11.3 Å². The van der Waals surface area contributed by atoms with Crippen molar-refractivity contribution in [3.63, 3.8) is 0 Å². The summed E-state index contributed by atoms with van der Waals surface area (Å²) in [5.41, 5.74) is 8.89. The SMILES string of the molecule is Cc1ccn2nc([C@H](CCOCc3ccccc3)Nc3ncnc(N)c3C#N)n(-c3ccccc3)c(=O)c12. The summed E-state index contributed by atoms with van der Waals surface area (Å²) in [5.74, 6) is 0.758. The van der Waals surface area contributed by atoms with Gasteiger partial charge in [0.2, 0.25) is 0 Å². The van der Waals surface area contributed by atoms with Gasteiger partial charge in [0.1, 0.15) is 35.1 Å². The van der Waals surface area contributed by atoms with Crippen molar-refractivity contribution in [1.82, 2.24) is 24.1 Å². The molecule has 5 aromatic rings. The van der Waals surface area contributed by atoms with Gasteiger partial charge in [0.05, 0.1) is 18.3 Å². The van der Waals surface area contributed by atoms with E-state index in [0.29, 0.717) is 36.7 Å². The molecular formula is C28H26N8O2. The van der Waals surface area contributed by atoms with Crippen LogP contribution in [0.4, 0.5) is 11.6 Å². The molecule has 0 aliphatic carbocycles. The van der Waals surface area contributed by atoms with Crippen LogP contribution in [-0.4, -0.2) is 30.8 Å². The number of fused-ring (bicyclic) bond motifs is 1. The first-order valence-electron chi connectivity index (χ1n) is 12.1. The molecule has 0 aliphatic rings. The molecule has 3 N–H and O–H groups in total. The number of anilines is 2. The Bertz CT molecular complexity index is 1660. The van der Waals surface area contributed by atoms with Gasteiger partial charge < -0.3 is 15.8 Å². The number of benzene rings is 2. The number of nitrogens with two attached hydrogens (primary N) is 1. The number of hydrogen-bond acceptors (Lipinski definition) is 8. The first-order chi connectivity index (χ1) is 18.6. The second kappa shape index (κ2) is 10.9. The van der Waals surface area contributed by atoms with Crippen LogP contribution in [0.1, 0.15) is 35.0 Å². The molecule has 190 valence electrons. The lowest BCUT2D eigenvalue weighted by Crippen LogP contribution is -2.31. The van der Waals surface area contributed by atoms with Crippen molar-refractivity contribution in [1.29, 1.82) is 5.26 Å². The third kappa shape index (κ3) is 4.96. The highest BCUT2D eigenvalue weighted by Crippen LogP contribution is 2.26. The maximum absolute atomic E-state index is 13.8. The molecule has 2 aromatic carbocycles. The third-order valence-corrected chi connectivity index (χ3v) is 6.20. The molecular weight excluding hydrogens is 480 g/mol. The molecule has 10 nitrogen and oxygen atoms in total. The van der Waals surface area contributed by atoms with Crippen LogP contribution >= 0.6 is 0 Å². The molecule has 0 saturated carbocycles. The van der Waals surface area contributed by atoms with E-state index in [-0.39, 0.29) is 22.8 Å². The number of nitriles is 1. The Kier molecular flexibility index (Phi) is 7.10. The summed E-state index contributed by atoms with van der Waals surface area (Å²) in [6.07, 6.45) is 3.47.